The third-order valence-electron chi connectivity index (χ3n) is 8.64. The van der Waals surface area contributed by atoms with E-state index in [1.807, 2.05) is 12.1 Å². The van der Waals surface area contributed by atoms with Crippen LogP contribution in [0.4, 0.5) is 9.52 Å². The van der Waals surface area contributed by atoms with Gasteiger partial charge in [0.1, 0.15) is 23.5 Å². The molecule has 2 N–H and O–H groups in total. The number of aliphatic carboxylic acids is 1. The Morgan fingerprint density at radius 2 is 1.93 bits per heavy atom. The fraction of sp³-hybridized carbons (Fsp3) is 0.419. The second kappa shape index (κ2) is 10.8. The number of thiazole rings is 1. The van der Waals surface area contributed by atoms with Crippen LogP contribution < -0.4 is 10.2 Å². The van der Waals surface area contributed by atoms with E-state index >= 15 is 0 Å². The van der Waals surface area contributed by atoms with E-state index in [1.165, 1.54) is 11.3 Å². The number of aryl methyl sites for hydroxylation is 1. The van der Waals surface area contributed by atoms with Gasteiger partial charge in [0.05, 0.1) is 17.4 Å². The quantitative estimate of drug-likeness (QED) is 0.251. The van der Waals surface area contributed by atoms with Crippen molar-refractivity contribution < 1.29 is 28.3 Å². The first-order valence-electron chi connectivity index (χ1n) is 14.4. The zero-order valence-electron chi connectivity index (χ0n) is 23.1. The molecule has 0 spiro atoms. The topological polar surface area (TPSA) is 118 Å². The number of halogens is 1. The first-order chi connectivity index (χ1) is 20.4. The molecule has 2 saturated heterocycles. The van der Waals surface area contributed by atoms with Crippen molar-refractivity contribution in [2.45, 2.75) is 76.2 Å². The molecule has 2 bridgehead atoms. The summed E-state index contributed by atoms with van der Waals surface area (Å²) < 4.78 is 28.0. The van der Waals surface area contributed by atoms with Crippen LogP contribution in [0.2, 0.25) is 0 Å². The molecular weight excluding hydrogens is 559 g/mol. The molecule has 2 aromatic heterocycles. The summed E-state index contributed by atoms with van der Waals surface area (Å²) in [7, 11) is 0. The third kappa shape index (κ3) is 5.05. The molecule has 42 heavy (non-hydrogen) atoms. The van der Waals surface area contributed by atoms with Crippen molar-refractivity contribution in [2.75, 3.05) is 11.4 Å². The number of amides is 1. The molecule has 1 aliphatic carbocycles. The fourth-order valence-corrected chi connectivity index (χ4v) is 7.59. The van der Waals surface area contributed by atoms with Crippen molar-refractivity contribution in [3.05, 3.63) is 64.7 Å². The Balaban J connectivity index is 1.07. The number of piperidine rings is 1. The Bertz CT molecular complexity index is 1670. The van der Waals surface area contributed by atoms with Crippen molar-refractivity contribution >= 4 is 38.6 Å². The fourth-order valence-electron chi connectivity index (χ4n) is 6.43. The van der Waals surface area contributed by atoms with Crippen LogP contribution >= 0.6 is 11.3 Å². The smallest absolute Gasteiger partial charge is 0.322 e. The lowest BCUT2D eigenvalue weighted by molar-refractivity contribution is -0.135. The van der Waals surface area contributed by atoms with Crippen molar-refractivity contribution in [1.29, 1.82) is 0 Å². The van der Waals surface area contributed by atoms with Gasteiger partial charge in [-0.2, -0.15) is 0 Å². The number of nitrogens with zero attached hydrogens (tertiary/aromatic N) is 3. The highest BCUT2D eigenvalue weighted by molar-refractivity contribution is 7.22. The number of hydrogen-bond acceptors (Lipinski definition) is 8. The molecule has 9 nitrogen and oxygen atoms in total. The number of ether oxygens (including phenoxy) is 1. The Morgan fingerprint density at radius 3 is 2.64 bits per heavy atom. The van der Waals surface area contributed by atoms with Crippen LogP contribution in [0.25, 0.3) is 21.5 Å². The summed E-state index contributed by atoms with van der Waals surface area (Å²) >= 11 is 1.36. The zero-order chi connectivity index (χ0) is 29.0. The zero-order valence-corrected chi connectivity index (χ0v) is 24.0. The lowest BCUT2D eigenvalue weighted by atomic mass is 9.99. The summed E-state index contributed by atoms with van der Waals surface area (Å²) in [5, 5.41) is 16.3. The Hall–Kier alpha value is -3.83. The van der Waals surface area contributed by atoms with Gasteiger partial charge in [-0.3, -0.25) is 9.59 Å². The molecule has 2 aliphatic heterocycles. The summed E-state index contributed by atoms with van der Waals surface area (Å²) in [6.45, 7) is 2.02. The van der Waals surface area contributed by atoms with Crippen LogP contribution in [0.15, 0.2) is 40.9 Å². The van der Waals surface area contributed by atoms with Crippen LogP contribution in [0.1, 0.15) is 71.7 Å². The molecule has 3 atom stereocenters. The van der Waals surface area contributed by atoms with E-state index < -0.39 is 24.2 Å². The average molecular weight is 591 g/mol. The van der Waals surface area contributed by atoms with Crippen molar-refractivity contribution in [3.63, 3.8) is 0 Å². The number of carbonyl (C=O) groups excluding carboxylic acids is 1. The number of carbonyl (C=O) groups is 2. The molecule has 3 fully saturated rings. The molecule has 11 heteroatoms. The van der Waals surface area contributed by atoms with E-state index in [0.29, 0.717) is 17.2 Å². The summed E-state index contributed by atoms with van der Waals surface area (Å²) in [6.07, 6.45) is 6.05. The first kappa shape index (κ1) is 27.0. The minimum atomic E-state index is -1.16. The normalized spacial score (nSPS) is 21.7. The SMILES string of the molecule is Cc1ccccc1-c1noc(C2CC2)c1COC1CC2CC[C@@H](C1)N2c1nc2c(F)cc(C(=O)NCC(=O)O)cc2s1. The molecule has 218 valence electrons. The second-order valence-electron chi connectivity index (χ2n) is 11.5. The van der Waals surface area contributed by atoms with Gasteiger partial charge in [-0.15, -0.1) is 0 Å². The van der Waals surface area contributed by atoms with E-state index in [2.05, 4.69) is 39.4 Å². The number of aromatic nitrogens is 2. The maximum Gasteiger partial charge on any atom is 0.322 e. The number of rotatable bonds is 9. The molecular formula is C31H31FN4O5S. The van der Waals surface area contributed by atoms with Crippen LogP contribution in [-0.2, 0) is 16.1 Å². The molecule has 4 aromatic rings. The maximum absolute atomic E-state index is 15.0. The van der Waals surface area contributed by atoms with Gasteiger partial charge in [0, 0.05) is 34.7 Å². The number of fused-ring (bicyclic) bond motifs is 3. The van der Waals surface area contributed by atoms with Crippen LogP contribution in [-0.4, -0.2) is 51.9 Å². The van der Waals surface area contributed by atoms with E-state index in [4.69, 9.17) is 14.4 Å². The number of nitrogens with one attached hydrogen (secondary N) is 1. The summed E-state index contributed by atoms with van der Waals surface area (Å²) in [5.41, 5.74) is 4.48. The van der Waals surface area contributed by atoms with Crippen LogP contribution in [0, 0.1) is 12.7 Å². The molecule has 2 aromatic carbocycles. The Labute approximate surface area is 245 Å². The predicted molar refractivity (Wildman–Crippen MR) is 155 cm³/mol. The summed E-state index contributed by atoms with van der Waals surface area (Å²) in [6, 6.07) is 11.4. The van der Waals surface area contributed by atoms with Gasteiger partial charge in [0.25, 0.3) is 5.91 Å². The largest absolute Gasteiger partial charge is 0.480 e. The van der Waals surface area contributed by atoms with Gasteiger partial charge in [-0.25, -0.2) is 9.37 Å². The maximum atomic E-state index is 15.0. The molecule has 2 unspecified atom stereocenters. The average Bonchev–Trinajstić information content (AvgIpc) is 3.48. The Kier molecular flexibility index (Phi) is 6.94. The second-order valence-corrected chi connectivity index (χ2v) is 12.5. The summed E-state index contributed by atoms with van der Waals surface area (Å²) in [4.78, 5) is 30.1. The van der Waals surface area contributed by atoms with Gasteiger partial charge in [0.15, 0.2) is 10.9 Å². The first-order valence-corrected chi connectivity index (χ1v) is 15.2. The van der Waals surface area contributed by atoms with Crippen LogP contribution in [0.5, 0.6) is 0 Å². The lowest BCUT2D eigenvalue weighted by Crippen LogP contribution is -2.45. The highest BCUT2D eigenvalue weighted by atomic mass is 32.1. The standard InChI is InChI=1S/C31H31FN4O5S/c1-16-4-2-3-5-22(16)27-23(29(41-35-27)17-6-7-17)15-40-21-12-19-8-9-20(13-21)36(19)31-34-28-24(32)10-18(11-25(28)42-31)30(39)33-14-26(37)38/h2-5,10-11,17,19-21H,6-9,12-15H2,1H3,(H,33,39)(H,37,38)/t19-,20?,21?/m0/s1. The van der Waals surface area contributed by atoms with Gasteiger partial charge >= 0.3 is 5.97 Å². The lowest BCUT2D eigenvalue weighted by Gasteiger charge is -2.38. The number of anilines is 1. The van der Waals surface area contributed by atoms with Crippen molar-refractivity contribution in [3.8, 4) is 11.3 Å². The molecule has 3 aliphatic rings. The molecule has 7 rings (SSSR count). The monoisotopic (exact) mass is 590 g/mol. The highest BCUT2D eigenvalue weighted by Crippen LogP contribution is 2.46. The number of carboxylic acid groups (broad SMARTS) is 1. The number of benzene rings is 2. The van der Waals surface area contributed by atoms with E-state index in [-0.39, 0.29) is 29.3 Å². The predicted octanol–water partition coefficient (Wildman–Crippen LogP) is 5.81. The van der Waals surface area contributed by atoms with Gasteiger partial charge in [-0.05, 0) is 63.1 Å². The molecule has 1 amide bonds. The van der Waals surface area contributed by atoms with E-state index in [9.17, 15) is 14.0 Å². The van der Waals surface area contributed by atoms with Gasteiger partial charge in [0.2, 0.25) is 0 Å². The molecule has 0 radical (unpaired) electrons. The van der Waals surface area contributed by atoms with Crippen molar-refractivity contribution in [1.82, 2.24) is 15.5 Å². The number of carboxylic acids is 1. The molecule has 4 heterocycles. The minimum Gasteiger partial charge on any atom is -0.480 e. The highest BCUT2D eigenvalue weighted by Gasteiger charge is 2.43. The van der Waals surface area contributed by atoms with Crippen LogP contribution in [0.3, 0.4) is 0 Å². The van der Waals surface area contributed by atoms with Crippen molar-refractivity contribution in [2.24, 2.45) is 0 Å². The Morgan fingerprint density at radius 1 is 1.17 bits per heavy atom. The minimum absolute atomic E-state index is 0.0795. The third-order valence-corrected chi connectivity index (χ3v) is 9.66. The number of hydrogen-bond donors (Lipinski definition) is 2. The van der Waals surface area contributed by atoms with E-state index in [1.54, 1.807) is 6.07 Å². The van der Waals surface area contributed by atoms with E-state index in [0.717, 1.165) is 77.9 Å². The summed E-state index contributed by atoms with van der Waals surface area (Å²) in [5.74, 6) is -0.999. The molecule has 1 saturated carbocycles. The van der Waals surface area contributed by atoms with Gasteiger partial charge in [-0.1, -0.05) is 40.8 Å². The van der Waals surface area contributed by atoms with Gasteiger partial charge < -0.3 is 24.6 Å².